The summed E-state index contributed by atoms with van der Waals surface area (Å²) in [4.78, 5) is 6.46. The first-order valence-electron chi connectivity index (χ1n) is 9.87. The monoisotopic (exact) mass is 389 g/mol. The van der Waals surface area contributed by atoms with Crippen molar-refractivity contribution >= 4 is 0 Å². The van der Waals surface area contributed by atoms with Gasteiger partial charge in [0.1, 0.15) is 5.75 Å². The Hall–Kier alpha value is -2.66. The van der Waals surface area contributed by atoms with E-state index in [0.29, 0.717) is 0 Å². The molecule has 150 valence electrons. The molecule has 0 unspecified atom stereocenters. The zero-order valence-corrected chi connectivity index (χ0v) is 17.1. The predicted octanol–water partition coefficient (Wildman–Crippen LogP) is 4.81. The predicted molar refractivity (Wildman–Crippen MR) is 113 cm³/mol. The number of aliphatic hydroxyl groups excluding tert-OH is 1. The van der Waals surface area contributed by atoms with E-state index in [1.165, 1.54) is 0 Å². The van der Waals surface area contributed by atoms with Crippen LogP contribution in [0.25, 0.3) is 0 Å². The van der Waals surface area contributed by atoms with Gasteiger partial charge in [-0.3, -0.25) is 4.84 Å². The van der Waals surface area contributed by atoms with E-state index >= 15 is 0 Å². The molecule has 0 bridgehead atoms. The summed E-state index contributed by atoms with van der Waals surface area (Å²) in [6.07, 6.45) is 0. The van der Waals surface area contributed by atoms with E-state index in [4.69, 9.17) is 9.57 Å². The topological polar surface area (TPSA) is 41.9 Å². The molecule has 1 N–H and O–H groups in total. The molecule has 3 aromatic carbocycles. The Bertz CT molecular complexity index is 941. The third-order valence-corrected chi connectivity index (χ3v) is 5.90. The first kappa shape index (κ1) is 19.6. The highest BCUT2D eigenvalue weighted by molar-refractivity contribution is 5.38. The van der Waals surface area contributed by atoms with E-state index in [1.54, 1.807) is 7.11 Å². The van der Waals surface area contributed by atoms with Gasteiger partial charge in [-0.05, 0) is 42.7 Å². The van der Waals surface area contributed by atoms with Gasteiger partial charge in [0.2, 0.25) is 0 Å². The van der Waals surface area contributed by atoms with Gasteiger partial charge in [-0.25, -0.2) is 0 Å². The molecular formula is C25H27NO3. The molecule has 0 saturated carbocycles. The first-order valence-corrected chi connectivity index (χ1v) is 9.87. The molecule has 3 aromatic rings. The van der Waals surface area contributed by atoms with Gasteiger partial charge in [-0.1, -0.05) is 72.8 Å². The van der Waals surface area contributed by atoms with Gasteiger partial charge in [0, 0.05) is 0 Å². The summed E-state index contributed by atoms with van der Waals surface area (Å²) in [5, 5.41) is 12.5. The summed E-state index contributed by atoms with van der Waals surface area (Å²) < 4.78 is 5.33. The van der Waals surface area contributed by atoms with Gasteiger partial charge >= 0.3 is 0 Å². The van der Waals surface area contributed by atoms with Crippen LogP contribution in [0.4, 0.5) is 0 Å². The van der Waals surface area contributed by atoms with E-state index in [-0.39, 0.29) is 18.2 Å². The Labute approximate surface area is 172 Å². The van der Waals surface area contributed by atoms with Crippen molar-refractivity contribution in [2.24, 2.45) is 0 Å². The van der Waals surface area contributed by atoms with E-state index in [9.17, 15) is 5.11 Å². The molecule has 0 aromatic heterocycles. The zero-order valence-electron chi connectivity index (χ0n) is 17.1. The summed E-state index contributed by atoms with van der Waals surface area (Å²) in [6.45, 7) is 4.17. The number of rotatable bonds is 6. The summed E-state index contributed by atoms with van der Waals surface area (Å²) in [7, 11) is 1.66. The van der Waals surface area contributed by atoms with Crippen molar-refractivity contribution in [3.8, 4) is 5.75 Å². The Morgan fingerprint density at radius 2 is 1.52 bits per heavy atom. The van der Waals surface area contributed by atoms with E-state index in [0.717, 1.165) is 22.4 Å². The molecule has 0 aliphatic carbocycles. The van der Waals surface area contributed by atoms with Gasteiger partial charge in [0.05, 0.1) is 25.3 Å². The van der Waals surface area contributed by atoms with Crippen molar-refractivity contribution in [3.05, 3.63) is 102 Å². The van der Waals surface area contributed by atoms with Crippen LogP contribution in [0.5, 0.6) is 5.75 Å². The molecule has 1 aliphatic rings. The second-order valence-electron chi connectivity index (χ2n) is 7.93. The Morgan fingerprint density at radius 1 is 0.931 bits per heavy atom. The number of benzene rings is 3. The van der Waals surface area contributed by atoms with Gasteiger partial charge in [-0.15, -0.1) is 0 Å². The zero-order chi connectivity index (χ0) is 20.5. The smallest absolute Gasteiger partial charge is 0.160 e. The molecule has 1 heterocycles. The Balaban J connectivity index is 1.80. The van der Waals surface area contributed by atoms with Crippen LogP contribution in [0, 0.1) is 0 Å². The molecule has 4 heteroatoms. The van der Waals surface area contributed by atoms with Gasteiger partial charge in [0.25, 0.3) is 0 Å². The minimum absolute atomic E-state index is 0.116. The van der Waals surface area contributed by atoms with Gasteiger partial charge in [0.15, 0.2) is 5.60 Å². The number of hydrogen-bond donors (Lipinski definition) is 1. The Morgan fingerprint density at radius 3 is 2.07 bits per heavy atom. The van der Waals surface area contributed by atoms with Crippen LogP contribution in [0.1, 0.15) is 36.6 Å². The van der Waals surface area contributed by atoms with Crippen molar-refractivity contribution in [1.29, 1.82) is 0 Å². The lowest BCUT2D eigenvalue weighted by atomic mass is 9.77. The van der Waals surface area contributed by atoms with Crippen LogP contribution >= 0.6 is 0 Å². The number of aliphatic hydroxyl groups is 1. The maximum Gasteiger partial charge on any atom is 0.160 e. The fraction of sp³-hybridized carbons (Fsp3) is 0.280. The largest absolute Gasteiger partial charge is 0.497 e. The molecule has 1 aliphatic heterocycles. The lowest BCUT2D eigenvalue weighted by Crippen LogP contribution is -2.66. The van der Waals surface area contributed by atoms with Crippen LogP contribution in [-0.2, 0) is 16.0 Å². The van der Waals surface area contributed by atoms with Crippen molar-refractivity contribution in [2.75, 3.05) is 13.7 Å². The maximum atomic E-state index is 10.5. The summed E-state index contributed by atoms with van der Waals surface area (Å²) in [5.74, 6) is 0.803. The number of hydroxylamine groups is 2. The van der Waals surface area contributed by atoms with Crippen molar-refractivity contribution in [3.63, 3.8) is 0 Å². The highest BCUT2D eigenvalue weighted by Gasteiger charge is 2.60. The minimum Gasteiger partial charge on any atom is -0.497 e. The fourth-order valence-electron chi connectivity index (χ4n) is 4.16. The molecule has 0 radical (unpaired) electrons. The molecule has 0 amide bonds. The molecule has 4 rings (SSSR count). The lowest BCUT2D eigenvalue weighted by molar-refractivity contribution is -0.446. The molecule has 1 saturated heterocycles. The van der Waals surface area contributed by atoms with Crippen LogP contribution < -0.4 is 4.74 Å². The lowest BCUT2D eigenvalue weighted by Gasteiger charge is -2.61. The van der Waals surface area contributed by atoms with Crippen LogP contribution in [0.3, 0.4) is 0 Å². The van der Waals surface area contributed by atoms with Crippen LogP contribution in [0.2, 0.25) is 0 Å². The minimum atomic E-state index is -0.831. The standard InChI is InChI=1S/C25H27NO3/c1-24(2,20-10-6-4-7-11-20)26-23(19-14-16-22(28-3)17-15-19)25(18-27,29-26)21-12-8-5-9-13-21/h4-17,23,27H,18H2,1-3H3/t23-,25+/m1/s1. The number of nitrogens with zero attached hydrogens (tertiary/aromatic N) is 1. The highest BCUT2D eigenvalue weighted by Crippen LogP contribution is 2.56. The third kappa shape index (κ3) is 3.23. The SMILES string of the molecule is COc1ccc([C@H]2N(C(C)(C)c3ccccc3)O[C@@]2(CO)c2ccccc2)cc1. The number of hydrogen-bond acceptors (Lipinski definition) is 4. The van der Waals surface area contributed by atoms with E-state index < -0.39 is 5.60 Å². The average molecular weight is 389 g/mol. The quantitative estimate of drug-likeness (QED) is 0.657. The van der Waals surface area contributed by atoms with Crippen molar-refractivity contribution < 1.29 is 14.7 Å². The Kier molecular flexibility index (Phi) is 5.17. The number of methoxy groups -OCH3 is 1. The number of ether oxygens (including phenoxy) is 1. The second kappa shape index (κ2) is 7.64. The first-order chi connectivity index (χ1) is 14.0. The fourth-order valence-corrected chi connectivity index (χ4v) is 4.16. The average Bonchev–Trinajstić information content (AvgIpc) is 2.75. The van der Waals surface area contributed by atoms with E-state index in [2.05, 4.69) is 26.0 Å². The third-order valence-electron chi connectivity index (χ3n) is 5.90. The van der Waals surface area contributed by atoms with Crippen LogP contribution in [0.15, 0.2) is 84.9 Å². The maximum absolute atomic E-state index is 10.5. The summed E-state index contributed by atoms with van der Waals surface area (Å²) in [6, 6.07) is 28.1. The van der Waals surface area contributed by atoms with Gasteiger partial charge < -0.3 is 9.84 Å². The van der Waals surface area contributed by atoms with E-state index in [1.807, 2.05) is 77.9 Å². The molecule has 4 nitrogen and oxygen atoms in total. The second-order valence-corrected chi connectivity index (χ2v) is 7.93. The molecule has 2 atom stereocenters. The summed E-state index contributed by atoms with van der Waals surface area (Å²) >= 11 is 0. The van der Waals surface area contributed by atoms with Crippen molar-refractivity contribution in [2.45, 2.75) is 31.0 Å². The molecule has 29 heavy (non-hydrogen) atoms. The normalized spacial score (nSPS) is 22.1. The molecule has 1 fully saturated rings. The highest BCUT2D eigenvalue weighted by atomic mass is 16.7. The van der Waals surface area contributed by atoms with Gasteiger partial charge in [-0.2, -0.15) is 5.06 Å². The van der Waals surface area contributed by atoms with Crippen LogP contribution in [-0.4, -0.2) is 23.9 Å². The summed E-state index contributed by atoms with van der Waals surface area (Å²) in [5.41, 5.74) is 1.96. The van der Waals surface area contributed by atoms with Crippen molar-refractivity contribution in [1.82, 2.24) is 5.06 Å². The molecular weight excluding hydrogens is 362 g/mol. The molecule has 0 spiro atoms.